The SMILES string of the molecule is Cc1ccc(NC(=S)CC(N)=S)cc1. The van der Waals surface area contributed by atoms with Gasteiger partial charge in [0.2, 0.25) is 0 Å². The van der Waals surface area contributed by atoms with Crippen molar-refractivity contribution in [2.75, 3.05) is 5.32 Å². The minimum absolute atomic E-state index is 0.412. The van der Waals surface area contributed by atoms with Gasteiger partial charge in [0.05, 0.1) is 9.98 Å². The first-order valence-electron chi connectivity index (χ1n) is 4.23. The van der Waals surface area contributed by atoms with Crippen molar-refractivity contribution < 1.29 is 0 Å². The molecule has 2 nitrogen and oxygen atoms in total. The maximum absolute atomic E-state index is 5.38. The predicted octanol–water partition coefficient (Wildman–Crippen LogP) is 2.41. The van der Waals surface area contributed by atoms with Crippen LogP contribution in [0.25, 0.3) is 0 Å². The standard InChI is InChI=1S/C10H12N2S2/c1-7-2-4-8(5-3-7)12-10(14)6-9(11)13/h2-5H,6H2,1H3,(H2,11,13)(H,12,14). The van der Waals surface area contributed by atoms with E-state index in [0.717, 1.165) is 5.69 Å². The van der Waals surface area contributed by atoms with Gasteiger partial charge in [0.1, 0.15) is 0 Å². The minimum atomic E-state index is 0.412. The van der Waals surface area contributed by atoms with Crippen LogP contribution >= 0.6 is 24.4 Å². The third-order valence-electron chi connectivity index (χ3n) is 1.67. The van der Waals surface area contributed by atoms with Gasteiger partial charge in [0, 0.05) is 12.1 Å². The molecule has 0 saturated heterocycles. The van der Waals surface area contributed by atoms with E-state index >= 15 is 0 Å². The van der Waals surface area contributed by atoms with Crippen LogP contribution in [0.5, 0.6) is 0 Å². The van der Waals surface area contributed by atoms with Crippen molar-refractivity contribution in [1.82, 2.24) is 0 Å². The molecule has 0 aliphatic carbocycles. The summed E-state index contributed by atoms with van der Waals surface area (Å²) < 4.78 is 0. The maximum atomic E-state index is 5.38. The Morgan fingerprint density at radius 2 is 1.86 bits per heavy atom. The highest BCUT2D eigenvalue weighted by molar-refractivity contribution is 7.82. The average molecular weight is 224 g/mol. The monoisotopic (exact) mass is 224 g/mol. The second-order valence-electron chi connectivity index (χ2n) is 3.06. The van der Waals surface area contributed by atoms with Gasteiger partial charge in [-0.1, -0.05) is 42.1 Å². The topological polar surface area (TPSA) is 38.0 Å². The van der Waals surface area contributed by atoms with Crippen LogP contribution in [0, 0.1) is 6.92 Å². The van der Waals surface area contributed by atoms with Crippen LogP contribution in [-0.4, -0.2) is 9.98 Å². The van der Waals surface area contributed by atoms with Crippen molar-refractivity contribution in [2.45, 2.75) is 13.3 Å². The maximum Gasteiger partial charge on any atom is 0.0865 e. The van der Waals surface area contributed by atoms with E-state index in [-0.39, 0.29) is 0 Å². The Morgan fingerprint density at radius 3 is 2.36 bits per heavy atom. The van der Waals surface area contributed by atoms with Crippen LogP contribution in [-0.2, 0) is 0 Å². The van der Waals surface area contributed by atoms with E-state index in [1.807, 2.05) is 31.2 Å². The molecule has 0 heterocycles. The molecule has 0 atom stereocenters. The summed E-state index contributed by atoms with van der Waals surface area (Å²) in [4.78, 5) is 1.07. The van der Waals surface area contributed by atoms with Gasteiger partial charge < -0.3 is 11.1 Å². The molecule has 0 fully saturated rings. The quantitative estimate of drug-likeness (QED) is 0.773. The zero-order valence-electron chi connectivity index (χ0n) is 7.91. The van der Waals surface area contributed by atoms with Crippen LogP contribution in [0.1, 0.15) is 12.0 Å². The molecule has 74 valence electrons. The Kier molecular flexibility index (Phi) is 3.98. The zero-order valence-corrected chi connectivity index (χ0v) is 9.54. The van der Waals surface area contributed by atoms with E-state index in [9.17, 15) is 0 Å². The number of anilines is 1. The molecule has 0 saturated carbocycles. The van der Waals surface area contributed by atoms with Gasteiger partial charge in [0.25, 0.3) is 0 Å². The summed E-state index contributed by atoms with van der Waals surface area (Å²) in [6.07, 6.45) is 0.457. The molecular formula is C10H12N2S2. The Bertz CT molecular complexity index is 344. The Hall–Kier alpha value is -1.00. The highest BCUT2D eigenvalue weighted by Gasteiger charge is 1.98. The van der Waals surface area contributed by atoms with Crippen molar-refractivity contribution in [3.63, 3.8) is 0 Å². The van der Waals surface area contributed by atoms with E-state index in [1.54, 1.807) is 0 Å². The number of hydrogen-bond donors (Lipinski definition) is 2. The Morgan fingerprint density at radius 1 is 1.29 bits per heavy atom. The molecule has 1 aromatic carbocycles. The summed E-state index contributed by atoms with van der Waals surface area (Å²) in [5.74, 6) is 0. The Balaban J connectivity index is 2.56. The smallest absolute Gasteiger partial charge is 0.0865 e. The summed E-state index contributed by atoms with van der Waals surface area (Å²) in [6, 6.07) is 7.99. The second-order valence-corrected chi connectivity index (χ2v) is 4.07. The summed E-state index contributed by atoms with van der Waals surface area (Å²) >= 11 is 9.83. The lowest BCUT2D eigenvalue weighted by atomic mass is 10.2. The zero-order chi connectivity index (χ0) is 10.6. The van der Waals surface area contributed by atoms with Crippen LogP contribution < -0.4 is 11.1 Å². The van der Waals surface area contributed by atoms with Crippen molar-refractivity contribution in [1.29, 1.82) is 0 Å². The van der Waals surface area contributed by atoms with E-state index < -0.39 is 0 Å². The van der Waals surface area contributed by atoms with Crippen LogP contribution in [0.3, 0.4) is 0 Å². The lowest BCUT2D eigenvalue weighted by molar-refractivity contribution is 1.46. The number of aryl methyl sites for hydroxylation is 1. The highest BCUT2D eigenvalue weighted by atomic mass is 32.1. The lowest BCUT2D eigenvalue weighted by Crippen LogP contribution is -2.18. The first-order valence-corrected chi connectivity index (χ1v) is 5.04. The number of nitrogens with two attached hydrogens (primary N) is 1. The number of nitrogens with one attached hydrogen (secondary N) is 1. The first-order chi connectivity index (χ1) is 6.58. The van der Waals surface area contributed by atoms with Crippen molar-refractivity contribution in [3.05, 3.63) is 29.8 Å². The molecule has 0 aromatic heterocycles. The predicted molar refractivity (Wildman–Crippen MR) is 68.8 cm³/mol. The molecule has 4 heteroatoms. The van der Waals surface area contributed by atoms with Crippen molar-refractivity contribution in [2.24, 2.45) is 5.73 Å². The molecular weight excluding hydrogens is 212 g/mol. The molecule has 0 aliphatic rings. The molecule has 0 spiro atoms. The van der Waals surface area contributed by atoms with Crippen LogP contribution in [0.15, 0.2) is 24.3 Å². The normalized spacial score (nSPS) is 9.50. The molecule has 14 heavy (non-hydrogen) atoms. The number of benzene rings is 1. The van der Waals surface area contributed by atoms with Crippen molar-refractivity contribution >= 4 is 40.1 Å². The van der Waals surface area contributed by atoms with Gasteiger partial charge in [-0.3, -0.25) is 0 Å². The van der Waals surface area contributed by atoms with Gasteiger partial charge in [-0.2, -0.15) is 0 Å². The molecule has 0 radical (unpaired) electrons. The van der Waals surface area contributed by atoms with E-state index in [4.69, 9.17) is 30.2 Å². The summed E-state index contributed by atoms with van der Waals surface area (Å²) in [5.41, 5.74) is 7.56. The summed E-state index contributed by atoms with van der Waals surface area (Å²) in [7, 11) is 0. The lowest BCUT2D eigenvalue weighted by Gasteiger charge is -2.06. The summed E-state index contributed by atoms with van der Waals surface area (Å²) in [6.45, 7) is 2.04. The first kappa shape index (κ1) is 11.1. The van der Waals surface area contributed by atoms with E-state index in [2.05, 4.69) is 5.32 Å². The third-order valence-corrected chi connectivity index (χ3v) is 2.06. The minimum Gasteiger partial charge on any atom is -0.393 e. The largest absolute Gasteiger partial charge is 0.393 e. The molecule has 3 N–H and O–H groups in total. The van der Waals surface area contributed by atoms with Gasteiger partial charge in [-0.25, -0.2) is 0 Å². The van der Waals surface area contributed by atoms with E-state index in [1.165, 1.54) is 5.56 Å². The second kappa shape index (κ2) is 5.02. The van der Waals surface area contributed by atoms with Crippen LogP contribution in [0.4, 0.5) is 5.69 Å². The fourth-order valence-electron chi connectivity index (χ4n) is 1.00. The average Bonchev–Trinajstić information content (AvgIpc) is 2.07. The summed E-state index contributed by atoms with van der Waals surface area (Å²) in [5, 5.41) is 3.06. The van der Waals surface area contributed by atoms with Gasteiger partial charge in [-0.15, -0.1) is 0 Å². The van der Waals surface area contributed by atoms with Gasteiger partial charge in [0.15, 0.2) is 0 Å². The molecule has 0 amide bonds. The molecule has 0 bridgehead atoms. The number of rotatable bonds is 3. The van der Waals surface area contributed by atoms with Crippen LogP contribution in [0.2, 0.25) is 0 Å². The highest BCUT2D eigenvalue weighted by Crippen LogP contribution is 2.09. The van der Waals surface area contributed by atoms with Gasteiger partial charge in [-0.05, 0) is 19.1 Å². The molecule has 0 unspecified atom stereocenters. The molecule has 1 rings (SSSR count). The number of thiocarbonyl (C=S) groups is 2. The molecule has 1 aromatic rings. The van der Waals surface area contributed by atoms with Gasteiger partial charge >= 0.3 is 0 Å². The fourth-order valence-corrected chi connectivity index (χ4v) is 1.51. The fraction of sp³-hybridized carbons (Fsp3) is 0.200. The third kappa shape index (κ3) is 3.81. The number of hydrogen-bond acceptors (Lipinski definition) is 2. The Labute approximate surface area is 94.5 Å². The van der Waals surface area contributed by atoms with Crippen molar-refractivity contribution in [3.8, 4) is 0 Å². The molecule has 0 aliphatic heterocycles. The van der Waals surface area contributed by atoms with E-state index in [0.29, 0.717) is 16.4 Å².